The molecule has 1 aromatic carbocycles. The lowest BCUT2D eigenvalue weighted by atomic mass is 10.2. The highest BCUT2D eigenvalue weighted by Crippen LogP contribution is 2.31. The number of aromatic nitrogens is 2. The first-order valence-electron chi connectivity index (χ1n) is 8.42. The second-order valence-corrected chi connectivity index (χ2v) is 8.84. The molecule has 0 atom stereocenters. The number of nitrogens with one attached hydrogen (secondary N) is 2. The van der Waals surface area contributed by atoms with E-state index in [2.05, 4.69) is 15.3 Å². The van der Waals surface area contributed by atoms with E-state index in [0.717, 1.165) is 17.0 Å². The van der Waals surface area contributed by atoms with E-state index in [9.17, 15) is 26.4 Å². The predicted octanol–water partition coefficient (Wildman–Crippen LogP) is 3.61. The predicted molar refractivity (Wildman–Crippen MR) is 106 cm³/mol. The Labute approximate surface area is 174 Å². The number of hydrogen-bond acceptors (Lipinski definition) is 6. The van der Waals surface area contributed by atoms with Crippen LogP contribution in [0.4, 0.5) is 18.3 Å². The molecule has 0 unspecified atom stereocenters. The van der Waals surface area contributed by atoms with Gasteiger partial charge in [0.05, 0.1) is 21.2 Å². The number of carbonyl (C=O) groups is 1. The molecule has 0 bridgehead atoms. The monoisotopic (exact) mass is 456 g/mol. The second-order valence-electron chi connectivity index (χ2n) is 6.07. The molecule has 0 saturated carbocycles. The minimum absolute atomic E-state index is 0.0443. The van der Waals surface area contributed by atoms with Crippen molar-refractivity contribution in [3.8, 4) is 10.6 Å². The topological polar surface area (TPSA) is 101 Å². The summed E-state index contributed by atoms with van der Waals surface area (Å²) in [7, 11) is -4.43. The number of hydrogen-bond donors (Lipinski definition) is 2. The molecule has 2 N–H and O–H groups in total. The van der Waals surface area contributed by atoms with E-state index in [-0.39, 0.29) is 10.7 Å². The SMILES string of the molecule is Cc1nc(NC(=O)c2cccc(S(=O)(=O)NCC(F)(F)F)c2)sc1-c1ccccn1. The normalized spacial score (nSPS) is 12.0. The zero-order valence-electron chi connectivity index (χ0n) is 15.4. The standard InChI is InChI=1S/C18H15F3N4O3S2/c1-11-15(14-7-2-3-8-22-14)29-17(24-11)25-16(26)12-5-4-6-13(9-12)30(27,28)23-10-18(19,20)21/h2-9,23H,10H2,1H3,(H,24,25,26). The Kier molecular flexibility index (Phi) is 6.19. The largest absolute Gasteiger partial charge is 0.402 e. The number of thiazole rings is 1. The van der Waals surface area contributed by atoms with Gasteiger partial charge in [-0.3, -0.25) is 15.1 Å². The van der Waals surface area contributed by atoms with Gasteiger partial charge in [-0.1, -0.05) is 23.5 Å². The van der Waals surface area contributed by atoms with Crippen LogP contribution < -0.4 is 10.0 Å². The molecule has 158 valence electrons. The first-order chi connectivity index (χ1) is 14.0. The molecule has 12 heteroatoms. The fourth-order valence-corrected chi connectivity index (χ4v) is 4.42. The van der Waals surface area contributed by atoms with Crippen LogP contribution in [0.1, 0.15) is 16.1 Å². The molecule has 0 fully saturated rings. The van der Waals surface area contributed by atoms with E-state index in [1.54, 1.807) is 25.3 Å². The van der Waals surface area contributed by atoms with Crippen LogP contribution in [-0.2, 0) is 10.0 Å². The number of nitrogens with zero attached hydrogens (tertiary/aromatic N) is 2. The summed E-state index contributed by atoms with van der Waals surface area (Å²) in [6.07, 6.45) is -3.07. The maximum Gasteiger partial charge on any atom is 0.402 e. The third kappa shape index (κ3) is 5.40. The van der Waals surface area contributed by atoms with E-state index in [4.69, 9.17) is 0 Å². The maximum atomic E-state index is 12.5. The fraction of sp³-hybridized carbons (Fsp3) is 0.167. The van der Waals surface area contributed by atoms with Crippen molar-refractivity contribution in [1.29, 1.82) is 0 Å². The van der Waals surface area contributed by atoms with Gasteiger partial charge in [-0.15, -0.1) is 0 Å². The lowest BCUT2D eigenvalue weighted by Crippen LogP contribution is -2.33. The fourth-order valence-electron chi connectivity index (χ4n) is 2.42. The Morgan fingerprint density at radius 2 is 1.93 bits per heavy atom. The Bertz CT molecular complexity index is 1160. The van der Waals surface area contributed by atoms with Crippen molar-refractivity contribution in [3.63, 3.8) is 0 Å². The number of alkyl halides is 3. The van der Waals surface area contributed by atoms with Gasteiger partial charge in [0.1, 0.15) is 6.54 Å². The van der Waals surface area contributed by atoms with Gasteiger partial charge in [-0.2, -0.15) is 13.2 Å². The lowest BCUT2D eigenvalue weighted by molar-refractivity contribution is -0.121. The van der Waals surface area contributed by atoms with Crippen LogP contribution in [0.15, 0.2) is 53.6 Å². The van der Waals surface area contributed by atoms with Crippen LogP contribution in [0.25, 0.3) is 10.6 Å². The first-order valence-corrected chi connectivity index (χ1v) is 10.7. The molecule has 1 amide bonds. The van der Waals surface area contributed by atoms with Gasteiger partial charge in [0.25, 0.3) is 5.91 Å². The number of amides is 1. The third-order valence-electron chi connectivity index (χ3n) is 3.78. The summed E-state index contributed by atoms with van der Waals surface area (Å²) in [5.74, 6) is -0.649. The van der Waals surface area contributed by atoms with Crippen molar-refractivity contribution in [2.75, 3.05) is 11.9 Å². The number of carbonyl (C=O) groups excluding carboxylic acids is 1. The Morgan fingerprint density at radius 3 is 2.60 bits per heavy atom. The lowest BCUT2D eigenvalue weighted by Gasteiger charge is -2.10. The van der Waals surface area contributed by atoms with Gasteiger partial charge in [-0.25, -0.2) is 18.1 Å². The second kappa shape index (κ2) is 8.50. The quantitative estimate of drug-likeness (QED) is 0.590. The minimum atomic E-state index is -4.70. The Hall–Kier alpha value is -2.83. The zero-order valence-corrected chi connectivity index (χ0v) is 17.0. The van der Waals surface area contributed by atoms with Crippen LogP contribution in [0, 0.1) is 6.92 Å². The van der Waals surface area contributed by atoms with Crippen molar-refractivity contribution in [1.82, 2.24) is 14.7 Å². The summed E-state index contributed by atoms with van der Waals surface area (Å²) in [6.45, 7) is 0.0517. The average molecular weight is 456 g/mol. The van der Waals surface area contributed by atoms with Crippen molar-refractivity contribution >= 4 is 32.4 Å². The van der Waals surface area contributed by atoms with E-state index in [1.807, 2.05) is 6.07 Å². The van der Waals surface area contributed by atoms with E-state index < -0.39 is 33.5 Å². The first kappa shape index (κ1) is 21.9. The molecular formula is C18H15F3N4O3S2. The summed E-state index contributed by atoms with van der Waals surface area (Å²) < 4.78 is 62.5. The van der Waals surface area contributed by atoms with Gasteiger partial charge >= 0.3 is 6.18 Å². The molecule has 0 radical (unpaired) electrons. The number of pyridine rings is 1. The highest BCUT2D eigenvalue weighted by molar-refractivity contribution is 7.89. The molecular weight excluding hydrogens is 441 g/mol. The highest BCUT2D eigenvalue weighted by atomic mass is 32.2. The molecule has 0 aliphatic rings. The summed E-state index contributed by atoms with van der Waals surface area (Å²) in [5.41, 5.74) is 1.30. The summed E-state index contributed by atoms with van der Waals surface area (Å²) in [5, 5.41) is 2.85. The summed E-state index contributed by atoms with van der Waals surface area (Å²) in [6, 6.07) is 10.1. The van der Waals surface area contributed by atoms with Crippen LogP contribution in [0.5, 0.6) is 0 Å². The van der Waals surface area contributed by atoms with Crippen molar-refractivity contribution in [2.24, 2.45) is 0 Å². The van der Waals surface area contributed by atoms with E-state index in [0.29, 0.717) is 11.4 Å². The van der Waals surface area contributed by atoms with Crippen LogP contribution in [0.3, 0.4) is 0 Å². The van der Waals surface area contributed by atoms with Crippen molar-refractivity contribution in [3.05, 3.63) is 59.9 Å². The van der Waals surface area contributed by atoms with Crippen molar-refractivity contribution in [2.45, 2.75) is 18.0 Å². The summed E-state index contributed by atoms with van der Waals surface area (Å²) in [4.78, 5) is 21.3. The average Bonchev–Trinajstić information content (AvgIpc) is 3.07. The number of rotatable bonds is 6. The van der Waals surface area contributed by atoms with Gasteiger partial charge in [0.2, 0.25) is 10.0 Å². The van der Waals surface area contributed by atoms with Gasteiger partial charge in [0.15, 0.2) is 5.13 Å². The molecule has 0 aliphatic heterocycles. The molecule has 7 nitrogen and oxygen atoms in total. The number of sulfonamides is 1. The number of benzene rings is 1. The number of aryl methyl sites for hydroxylation is 1. The molecule has 0 saturated heterocycles. The van der Waals surface area contributed by atoms with E-state index >= 15 is 0 Å². The molecule has 0 aliphatic carbocycles. The summed E-state index contributed by atoms with van der Waals surface area (Å²) >= 11 is 1.20. The molecule has 0 spiro atoms. The molecule has 3 rings (SSSR count). The zero-order chi connectivity index (χ0) is 21.9. The van der Waals surface area contributed by atoms with E-state index in [1.165, 1.54) is 28.2 Å². The van der Waals surface area contributed by atoms with Gasteiger partial charge in [0, 0.05) is 11.8 Å². The third-order valence-corrected chi connectivity index (χ3v) is 6.28. The van der Waals surface area contributed by atoms with Crippen LogP contribution in [-0.4, -0.2) is 37.0 Å². The van der Waals surface area contributed by atoms with Gasteiger partial charge in [-0.05, 0) is 37.3 Å². The number of halogens is 3. The van der Waals surface area contributed by atoms with Gasteiger partial charge < -0.3 is 0 Å². The van der Waals surface area contributed by atoms with Crippen molar-refractivity contribution < 1.29 is 26.4 Å². The minimum Gasteiger partial charge on any atom is -0.298 e. The molecule has 3 aromatic rings. The molecule has 2 aromatic heterocycles. The smallest absolute Gasteiger partial charge is 0.298 e. The molecule has 2 heterocycles. The Balaban J connectivity index is 1.78. The van der Waals surface area contributed by atoms with Crippen LogP contribution >= 0.6 is 11.3 Å². The Morgan fingerprint density at radius 1 is 1.17 bits per heavy atom. The number of anilines is 1. The van der Waals surface area contributed by atoms with Crippen LogP contribution in [0.2, 0.25) is 0 Å². The highest BCUT2D eigenvalue weighted by Gasteiger charge is 2.30. The maximum absolute atomic E-state index is 12.5. The molecule has 30 heavy (non-hydrogen) atoms.